The Balaban J connectivity index is 2.08. The molecule has 1 aromatic rings. The summed E-state index contributed by atoms with van der Waals surface area (Å²) in [6.07, 6.45) is 5.99. The highest BCUT2D eigenvalue weighted by Gasteiger charge is 2.00. The number of unbranched alkanes of at least 4 members (excludes halogenated alkanes) is 2. The number of nitrogens with zero attached hydrogens (tertiary/aromatic N) is 1. The first-order valence-corrected chi connectivity index (χ1v) is 9.56. The van der Waals surface area contributed by atoms with Crippen molar-refractivity contribution in [3.8, 4) is 0 Å². The molecule has 154 valence electrons. The van der Waals surface area contributed by atoms with Crippen molar-refractivity contribution in [2.45, 2.75) is 38.9 Å². The third-order valence-electron chi connectivity index (χ3n) is 3.76. The van der Waals surface area contributed by atoms with Crippen LogP contribution in [0, 0.1) is 0 Å². The first kappa shape index (κ1) is 23.5. The maximum absolute atomic E-state index is 11.0. The number of amides is 2. The molecule has 0 unspecified atom stereocenters. The lowest BCUT2D eigenvalue weighted by Gasteiger charge is -2.07. The highest BCUT2D eigenvalue weighted by atomic mass is 16.5. The summed E-state index contributed by atoms with van der Waals surface area (Å²) >= 11 is 0. The lowest BCUT2D eigenvalue weighted by atomic mass is 10.3. The van der Waals surface area contributed by atoms with Crippen molar-refractivity contribution in [2.24, 2.45) is 0 Å². The first-order valence-electron chi connectivity index (χ1n) is 9.56. The smallest absolute Gasteiger partial charge is 0.243 e. The molecule has 0 fully saturated rings. The fourth-order valence-corrected chi connectivity index (χ4v) is 2.27. The van der Waals surface area contributed by atoms with Gasteiger partial charge < -0.3 is 20.1 Å². The third kappa shape index (κ3) is 12.0. The SMILES string of the molecule is C=CC(=O)NCCCCOCc1cccc(COCCCCNC(=O)C=C)n1. The molecule has 0 aromatic carbocycles. The summed E-state index contributed by atoms with van der Waals surface area (Å²) in [7, 11) is 0. The summed E-state index contributed by atoms with van der Waals surface area (Å²) in [6, 6.07) is 5.80. The Morgan fingerprint density at radius 1 is 0.857 bits per heavy atom. The minimum absolute atomic E-state index is 0.149. The number of ether oxygens (including phenoxy) is 2. The molecule has 0 saturated carbocycles. The summed E-state index contributed by atoms with van der Waals surface area (Å²) in [5.74, 6) is -0.299. The van der Waals surface area contributed by atoms with E-state index in [1.54, 1.807) is 0 Å². The Bertz CT molecular complexity index is 570. The van der Waals surface area contributed by atoms with Crippen LogP contribution in [0.15, 0.2) is 43.5 Å². The van der Waals surface area contributed by atoms with E-state index in [2.05, 4.69) is 28.8 Å². The lowest BCUT2D eigenvalue weighted by Crippen LogP contribution is -2.22. The van der Waals surface area contributed by atoms with Gasteiger partial charge in [-0.05, 0) is 50.0 Å². The lowest BCUT2D eigenvalue weighted by molar-refractivity contribution is -0.117. The predicted octanol–water partition coefficient (Wildman–Crippen LogP) is 2.28. The fraction of sp³-hybridized carbons (Fsp3) is 0.476. The van der Waals surface area contributed by atoms with Crippen LogP contribution in [0.4, 0.5) is 0 Å². The van der Waals surface area contributed by atoms with Gasteiger partial charge in [0.25, 0.3) is 0 Å². The van der Waals surface area contributed by atoms with Crippen LogP contribution < -0.4 is 10.6 Å². The number of carbonyl (C=O) groups excluding carboxylic acids is 2. The number of hydrogen-bond donors (Lipinski definition) is 2. The first-order chi connectivity index (χ1) is 13.7. The van der Waals surface area contributed by atoms with Crippen molar-refractivity contribution in [1.82, 2.24) is 15.6 Å². The highest BCUT2D eigenvalue weighted by molar-refractivity contribution is 5.87. The van der Waals surface area contributed by atoms with Gasteiger partial charge in [0.15, 0.2) is 0 Å². The molecule has 1 aromatic heterocycles. The quantitative estimate of drug-likeness (QED) is 0.334. The number of aromatic nitrogens is 1. The van der Waals surface area contributed by atoms with Crippen LogP contribution in [-0.2, 0) is 32.3 Å². The van der Waals surface area contributed by atoms with Gasteiger partial charge in [0.2, 0.25) is 11.8 Å². The van der Waals surface area contributed by atoms with E-state index in [1.807, 2.05) is 18.2 Å². The zero-order valence-electron chi connectivity index (χ0n) is 16.5. The monoisotopic (exact) mass is 389 g/mol. The summed E-state index contributed by atoms with van der Waals surface area (Å²) in [6.45, 7) is 10.2. The molecule has 0 bridgehead atoms. The van der Waals surface area contributed by atoms with E-state index in [4.69, 9.17) is 9.47 Å². The third-order valence-corrected chi connectivity index (χ3v) is 3.76. The number of hydrogen-bond acceptors (Lipinski definition) is 5. The molecule has 7 heteroatoms. The van der Waals surface area contributed by atoms with Crippen molar-refractivity contribution < 1.29 is 19.1 Å². The van der Waals surface area contributed by atoms with Crippen molar-refractivity contribution in [3.05, 3.63) is 54.9 Å². The molecule has 7 nitrogen and oxygen atoms in total. The molecule has 0 aliphatic carbocycles. The number of rotatable bonds is 16. The summed E-state index contributed by atoms with van der Waals surface area (Å²) in [5, 5.41) is 5.46. The van der Waals surface area contributed by atoms with Gasteiger partial charge in [-0.2, -0.15) is 0 Å². The van der Waals surface area contributed by atoms with Crippen molar-refractivity contribution in [3.63, 3.8) is 0 Å². The highest BCUT2D eigenvalue weighted by Crippen LogP contribution is 2.04. The van der Waals surface area contributed by atoms with Gasteiger partial charge in [0.05, 0.1) is 24.6 Å². The van der Waals surface area contributed by atoms with Crippen LogP contribution in [0.3, 0.4) is 0 Å². The van der Waals surface area contributed by atoms with Gasteiger partial charge in [-0.15, -0.1) is 0 Å². The van der Waals surface area contributed by atoms with E-state index < -0.39 is 0 Å². The number of pyridine rings is 1. The Morgan fingerprint density at radius 3 is 1.75 bits per heavy atom. The van der Waals surface area contributed by atoms with Gasteiger partial charge in [-0.25, -0.2) is 0 Å². The van der Waals surface area contributed by atoms with Gasteiger partial charge in [0, 0.05) is 26.3 Å². The normalized spacial score (nSPS) is 10.3. The zero-order valence-corrected chi connectivity index (χ0v) is 16.5. The van der Waals surface area contributed by atoms with Gasteiger partial charge in [-0.3, -0.25) is 14.6 Å². The van der Waals surface area contributed by atoms with Crippen LogP contribution in [0.1, 0.15) is 37.1 Å². The maximum atomic E-state index is 11.0. The fourth-order valence-electron chi connectivity index (χ4n) is 2.27. The van der Waals surface area contributed by atoms with Crippen molar-refractivity contribution in [2.75, 3.05) is 26.3 Å². The van der Waals surface area contributed by atoms with Gasteiger partial charge in [-0.1, -0.05) is 19.2 Å². The Hall–Kier alpha value is -2.51. The van der Waals surface area contributed by atoms with Crippen molar-refractivity contribution >= 4 is 11.8 Å². The van der Waals surface area contributed by atoms with Crippen LogP contribution in [0.5, 0.6) is 0 Å². The van der Waals surface area contributed by atoms with Crippen LogP contribution in [0.25, 0.3) is 0 Å². The van der Waals surface area contributed by atoms with E-state index >= 15 is 0 Å². The van der Waals surface area contributed by atoms with Crippen molar-refractivity contribution in [1.29, 1.82) is 0 Å². The molecule has 2 amide bonds. The minimum atomic E-state index is -0.149. The average Bonchev–Trinajstić information content (AvgIpc) is 2.72. The minimum Gasteiger partial charge on any atom is -0.375 e. The molecule has 0 atom stereocenters. The molecule has 0 saturated heterocycles. The predicted molar refractivity (Wildman–Crippen MR) is 108 cm³/mol. The molecule has 2 N–H and O–H groups in total. The standard InChI is InChI=1S/C21H31N3O4/c1-3-20(25)22-12-5-7-14-27-16-18-10-9-11-19(24-18)17-28-15-8-6-13-23-21(26)4-2/h3-4,9-11H,1-2,5-8,12-17H2,(H,22,25)(H,23,26). The summed E-state index contributed by atoms with van der Waals surface area (Å²) < 4.78 is 11.3. The van der Waals surface area contributed by atoms with E-state index in [-0.39, 0.29) is 11.8 Å². The second kappa shape index (κ2) is 15.5. The Morgan fingerprint density at radius 2 is 1.32 bits per heavy atom. The van der Waals surface area contributed by atoms with Gasteiger partial charge >= 0.3 is 0 Å². The molecule has 0 spiro atoms. The van der Waals surface area contributed by atoms with E-state index in [1.165, 1.54) is 12.2 Å². The average molecular weight is 389 g/mol. The Labute approximate surface area is 167 Å². The van der Waals surface area contributed by atoms with Crippen LogP contribution >= 0.6 is 0 Å². The van der Waals surface area contributed by atoms with E-state index in [0.29, 0.717) is 39.5 Å². The number of carbonyl (C=O) groups is 2. The molecular weight excluding hydrogens is 358 g/mol. The topological polar surface area (TPSA) is 89.5 Å². The second-order valence-electron chi connectivity index (χ2n) is 6.13. The zero-order chi connectivity index (χ0) is 20.5. The molecule has 0 aliphatic rings. The largest absolute Gasteiger partial charge is 0.375 e. The summed E-state index contributed by atoms with van der Waals surface area (Å²) in [4.78, 5) is 26.5. The van der Waals surface area contributed by atoms with Crippen LogP contribution in [0.2, 0.25) is 0 Å². The van der Waals surface area contributed by atoms with Gasteiger partial charge in [0.1, 0.15) is 0 Å². The molecule has 1 heterocycles. The maximum Gasteiger partial charge on any atom is 0.243 e. The van der Waals surface area contributed by atoms with Crippen LogP contribution in [-0.4, -0.2) is 43.1 Å². The molecule has 1 rings (SSSR count). The number of nitrogens with one attached hydrogen (secondary N) is 2. The van der Waals surface area contributed by atoms with E-state index in [0.717, 1.165) is 37.1 Å². The Kier molecular flexibility index (Phi) is 13.1. The second-order valence-corrected chi connectivity index (χ2v) is 6.13. The molecular formula is C21H31N3O4. The molecule has 0 radical (unpaired) electrons. The molecule has 28 heavy (non-hydrogen) atoms. The molecule has 0 aliphatic heterocycles. The summed E-state index contributed by atoms with van der Waals surface area (Å²) in [5.41, 5.74) is 1.74. The van der Waals surface area contributed by atoms with E-state index in [9.17, 15) is 9.59 Å².